The molecule has 82 valence electrons. The molecule has 3 rings (SSSR count). The van der Waals surface area contributed by atoms with Crippen LogP contribution in [0.3, 0.4) is 0 Å². The van der Waals surface area contributed by atoms with E-state index in [0.717, 1.165) is 11.8 Å². The highest BCUT2D eigenvalue weighted by molar-refractivity contribution is 5.04. The minimum absolute atomic E-state index is 0.276. The third-order valence-electron chi connectivity index (χ3n) is 5.05. The molecule has 3 aliphatic rings. The number of hydrogen-bond acceptors (Lipinski definition) is 2. The van der Waals surface area contributed by atoms with Crippen molar-refractivity contribution in [3.63, 3.8) is 0 Å². The van der Waals surface area contributed by atoms with Gasteiger partial charge >= 0.3 is 0 Å². The van der Waals surface area contributed by atoms with Gasteiger partial charge in [-0.05, 0) is 54.9 Å². The Morgan fingerprint density at radius 1 is 1.43 bits per heavy atom. The van der Waals surface area contributed by atoms with Crippen molar-refractivity contribution in [1.82, 2.24) is 0 Å². The number of nitrogens with two attached hydrogens (primary N) is 1. The van der Waals surface area contributed by atoms with Crippen molar-refractivity contribution < 1.29 is 5.11 Å². The lowest BCUT2D eigenvalue weighted by Crippen LogP contribution is -2.55. The second kappa shape index (κ2) is 3.49. The zero-order valence-corrected chi connectivity index (χ0v) is 9.37. The average molecular weight is 197 g/mol. The first-order valence-corrected chi connectivity index (χ1v) is 5.92. The second-order valence-electron chi connectivity index (χ2n) is 5.78. The van der Waals surface area contributed by atoms with Crippen LogP contribution in [-0.2, 0) is 0 Å². The van der Waals surface area contributed by atoms with Gasteiger partial charge in [0.15, 0.2) is 0 Å². The zero-order chi connectivity index (χ0) is 10.3. The molecule has 0 spiro atoms. The summed E-state index contributed by atoms with van der Waals surface area (Å²) >= 11 is 0. The molecule has 3 aliphatic carbocycles. The fourth-order valence-corrected chi connectivity index (χ4v) is 3.82. The minimum atomic E-state index is 0.276. The molecule has 4 unspecified atom stereocenters. The van der Waals surface area contributed by atoms with Crippen molar-refractivity contribution in [2.75, 3.05) is 13.2 Å². The number of rotatable bonds is 3. The molecule has 0 aromatic heterocycles. The smallest absolute Gasteiger partial charge is 0.0474 e. The fourth-order valence-electron chi connectivity index (χ4n) is 3.82. The molecule has 0 aliphatic heterocycles. The molecule has 4 atom stereocenters. The van der Waals surface area contributed by atoms with Crippen LogP contribution in [0.5, 0.6) is 0 Å². The van der Waals surface area contributed by atoms with E-state index >= 15 is 0 Å². The zero-order valence-electron chi connectivity index (χ0n) is 9.37. The number of fused-ring (bicyclic) bond motifs is 2. The molecule has 0 amide bonds. The molecule has 14 heavy (non-hydrogen) atoms. The van der Waals surface area contributed by atoms with E-state index in [2.05, 4.69) is 13.8 Å². The van der Waals surface area contributed by atoms with Crippen molar-refractivity contribution in [2.24, 2.45) is 34.8 Å². The van der Waals surface area contributed by atoms with Crippen molar-refractivity contribution in [3.8, 4) is 0 Å². The van der Waals surface area contributed by atoms with Crippen molar-refractivity contribution in [2.45, 2.75) is 33.1 Å². The van der Waals surface area contributed by atoms with Gasteiger partial charge in [-0.25, -0.2) is 0 Å². The standard InChI is InChI=1S/C12H23NO/c1-12(2)9-3-4-10(11(12)5-9)8(6-13)7-14/h8-11,14H,3-7,13H2,1-2H3. The average Bonchev–Trinajstić information content (AvgIpc) is 2.19. The molecule has 0 saturated heterocycles. The van der Waals surface area contributed by atoms with Crippen LogP contribution >= 0.6 is 0 Å². The molecule has 0 aromatic carbocycles. The van der Waals surface area contributed by atoms with Crippen LogP contribution in [0, 0.1) is 29.1 Å². The SMILES string of the molecule is CC1(C)C2CCC(C(CN)CO)C1C2. The van der Waals surface area contributed by atoms with E-state index in [-0.39, 0.29) is 6.61 Å². The highest BCUT2D eigenvalue weighted by Crippen LogP contribution is 2.62. The maximum atomic E-state index is 9.30. The first-order chi connectivity index (χ1) is 6.61. The van der Waals surface area contributed by atoms with E-state index in [4.69, 9.17) is 5.73 Å². The lowest BCUT2D eigenvalue weighted by Gasteiger charge is -2.61. The van der Waals surface area contributed by atoms with Gasteiger partial charge in [-0.3, -0.25) is 0 Å². The normalized spacial score (nSPS) is 41.6. The summed E-state index contributed by atoms with van der Waals surface area (Å²) in [5.74, 6) is 2.80. The topological polar surface area (TPSA) is 46.2 Å². The van der Waals surface area contributed by atoms with Gasteiger partial charge in [0.2, 0.25) is 0 Å². The van der Waals surface area contributed by atoms with Crippen molar-refractivity contribution in [1.29, 1.82) is 0 Å². The van der Waals surface area contributed by atoms with Crippen LogP contribution in [0.25, 0.3) is 0 Å². The summed E-state index contributed by atoms with van der Waals surface area (Å²) in [6, 6.07) is 0. The van der Waals surface area contributed by atoms with Crippen LogP contribution in [0.15, 0.2) is 0 Å². The largest absolute Gasteiger partial charge is 0.396 e. The molecular weight excluding hydrogens is 174 g/mol. The molecule has 3 fully saturated rings. The third kappa shape index (κ3) is 1.31. The summed E-state index contributed by atoms with van der Waals surface area (Å²) in [7, 11) is 0. The summed E-state index contributed by atoms with van der Waals surface area (Å²) in [5.41, 5.74) is 6.24. The van der Waals surface area contributed by atoms with Gasteiger partial charge in [0, 0.05) is 6.61 Å². The van der Waals surface area contributed by atoms with Crippen molar-refractivity contribution >= 4 is 0 Å². The summed E-state index contributed by atoms with van der Waals surface area (Å²) in [6.07, 6.45) is 4.03. The second-order valence-corrected chi connectivity index (χ2v) is 5.78. The Morgan fingerprint density at radius 2 is 2.14 bits per heavy atom. The van der Waals surface area contributed by atoms with E-state index in [9.17, 15) is 5.11 Å². The van der Waals surface area contributed by atoms with Gasteiger partial charge in [0.25, 0.3) is 0 Å². The summed E-state index contributed by atoms with van der Waals surface area (Å²) in [5, 5.41) is 9.30. The third-order valence-corrected chi connectivity index (χ3v) is 5.05. The number of hydrogen-bond donors (Lipinski definition) is 2. The van der Waals surface area contributed by atoms with E-state index < -0.39 is 0 Å². The molecule has 0 heterocycles. The lowest BCUT2D eigenvalue weighted by molar-refractivity contribution is -0.124. The number of aliphatic hydroxyl groups excluding tert-OH is 1. The highest BCUT2D eigenvalue weighted by atomic mass is 16.3. The maximum Gasteiger partial charge on any atom is 0.0474 e. The van der Waals surface area contributed by atoms with Gasteiger partial charge < -0.3 is 10.8 Å². The van der Waals surface area contributed by atoms with Gasteiger partial charge in [-0.15, -0.1) is 0 Å². The minimum Gasteiger partial charge on any atom is -0.396 e. The summed E-state index contributed by atoms with van der Waals surface area (Å²) in [4.78, 5) is 0. The monoisotopic (exact) mass is 197 g/mol. The molecule has 2 bridgehead atoms. The first kappa shape index (κ1) is 10.4. The van der Waals surface area contributed by atoms with Crippen LogP contribution < -0.4 is 5.73 Å². The lowest BCUT2D eigenvalue weighted by atomic mass is 9.44. The van der Waals surface area contributed by atoms with E-state index in [0.29, 0.717) is 23.8 Å². The highest BCUT2D eigenvalue weighted by Gasteiger charge is 2.55. The Labute approximate surface area is 86.9 Å². The molecule has 3 saturated carbocycles. The molecule has 2 nitrogen and oxygen atoms in total. The van der Waals surface area contributed by atoms with E-state index in [1.54, 1.807) is 0 Å². The Bertz CT molecular complexity index is 208. The van der Waals surface area contributed by atoms with Gasteiger partial charge in [0.05, 0.1) is 0 Å². The van der Waals surface area contributed by atoms with Gasteiger partial charge in [-0.2, -0.15) is 0 Å². The molecule has 0 radical (unpaired) electrons. The van der Waals surface area contributed by atoms with Crippen LogP contribution in [0.2, 0.25) is 0 Å². The van der Waals surface area contributed by atoms with Crippen molar-refractivity contribution in [3.05, 3.63) is 0 Å². The predicted molar refractivity (Wildman–Crippen MR) is 57.7 cm³/mol. The molecule has 0 aromatic rings. The van der Waals surface area contributed by atoms with Crippen LogP contribution in [-0.4, -0.2) is 18.3 Å². The molecule has 3 N–H and O–H groups in total. The van der Waals surface area contributed by atoms with Gasteiger partial charge in [-0.1, -0.05) is 13.8 Å². The van der Waals surface area contributed by atoms with Crippen LogP contribution in [0.4, 0.5) is 0 Å². The Hall–Kier alpha value is -0.0800. The van der Waals surface area contributed by atoms with E-state index in [1.807, 2.05) is 0 Å². The summed E-state index contributed by atoms with van der Waals surface area (Å²) < 4.78 is 0. The quantitative estimate of drug-likeness (QED) is 0.722. The van der Waals surface area contributed by atoms with Crippen LogP contribution in [0.1, 0.15) is 33.1 Å². The Balaban J connectivity index is 2.06. The Kier molecular flexibility index (Phi) is 2.61. The molecule has 2 heteroatoms. The predicted octanol–water partition coefficient (Wildman–Crippen LogP) is 1.63. The van der Waals surface area contributed by atoms with E-state index in [1.165, 1.54) is 19.3 Å². The first-order valence-electron chi connectivity index (χ1n) is 5.92. The number of aliphatic hydroxyl groups is 1. The summed E-state index contributed by atoms with van der Waals surface area (Å²) in [6.45, 7) is 5.71. The fraction of sp³-hybridized carbons (Fsp3) is 1.00. The maximum absolute atomic E-state index is 9.30. The molecular formula is C12H23NO. The Morgan fingerprint density at radius 3 is 2.57 bits per heavy atom. The van der Waals surface area contributed by atoms with Gasteiger partial charge in [0.1, 0.15) is 0 Å².